The Morgan fingerprint density at radius 2 is 0.614 bits per heavy atom. The molecule has 0 saturated heterocycles. The summed E-state index contributed by atoms with van der Waals surface area (Å²) in [5, 5.41) is 10.5. The molecule has 19 heteroatoms. The Hall–Kier alpha value is -1.94. The molecule has 0 aromatic heterocycles. The van der Waals surface area contributed by atoms with Crippen molar-refractivity contribution in [2.24, 2.45) is 11.8 Å². The van der Waals surface area contributed by atoms with Gasteiger partial charge in [0.25, 0.3) is 0 Å². The zero-order valence-electron chi connectivity index (χ0n) is 53.5. The monoisotopic (exact) mass is 1230 g/mol. The predicted molar refractivity (Wildman–Crippen MR) is 331 cm³/mol. The maximum Gasteiger partial charge on any atom is 0.472 e. The Kier molecular flexibility index (Phi) is 55.2. The molecule has 0 aromatic carbocycles. The Morgan fingerprint density at radius 1 is 0.349 bits per heavy atom. The van der Waals surface area contributed by atoms with Crippen molar-refractivity contribution in [3.8, 4) is 0 Å². The smallest absolute Gasteiger partial charge is 0.462 e. The van der Waals surface area contributed by atoms with Gasteiger partial charge in [-0.05, 0) is 37.5 Å². The normalized spacial score (nSPS) is 14.6. The summed E-state index contributed by atoms with van der Waals surface area (Å²) < 4.78 is 67.9. The number of carbonyl (C=O) groups excluding carboxylic acids is 4. The fourth-order valence-electron chi connectivity index (χ4n) is 9.50. The Bertz CT molecular complexity index is 1630. The quantitative estimate of drug-likeness (QED) is 0.0222. The number of aliphatic hydroxyl groups is 1. The maximum absolute atomic E-state index is 13.0. The van der Waals surface area contributed by atoms with Crippen LogP contribution in [0.1, 0.15) is 318 Å². The third-order valence-corrected chi connectivity index (χ3v) is 17.0. The summed E-state index contributed by atoms with van der Waals surface area (Å²) in [7, 11) is -9.88. The number of phosphoric ester groups is 2. The molecular weight excluding hydrogens is 1100 g/mol. The van der Waals surface area contributed by atoms with Gasteiger partial charge in [0, 0.05) is 25.7 Å². The fourth-order valence-corrected chi connectivity index (χ4v) is 11.1. The van der Waals surface area contributed by atoms with Gasteiger partial charge in [-0.25, -0.2) is 9.13 Å². The minimum absolute atomic E-state index is 0.102. The number of hydrogen-bond acceptors (Lipinski definition) is 15. The van der Waals surface area contributed by atoms with E-state index < -0.39 is 97.5 Å². The first-order valence-electron chi connectivity index (χ1n) is 33.5. The highest BCUT2D eigenvalue weighted by Gasteiger charge is 2.30. The van der Waals surface area contributed by atoms with Crippen LogP contribution >= 0.6 is 15.6 Å². The zero-order valence-corrected chi connectivity index (χ0v) is 55.3. The second-order valence-corrected chi connectivity index (χ2v) is 26.8. The lowest BCUT2D eigenvalue weighted by Gasteiger charge is -2.21. The molecule has 0 fully saturated rings. The van der Waals surface area contributed by atoms with Gasteiger partial charge >= 0.3 is 39.5 Å². The van der Waals surface area contributed by atoms with E-state index in [1.165, 1.54) is 122 Å². The molecule has 0 aliphatic heterocycles. The number of aliphatic hydroxyl groups excluding tert-OH is 1. The van der Waals surface area contributed by atoms with E-state index in [0.717, 1.165) is 115 Å². The number of esters is 4. The summed E-state index contributed by atoms with van der Waals surface area (Å²) in [5.74, 6) is -0.653. The molecule has 3 N–H and O–H groups in total. The molecule has 0 heterocycles. The lowest BCUT2D eigenvalue weighted by atomic mass is 10.00. The predicted octanol–water partition coefficient (Wildman–Crippen LogP) is 17.7. The molecule has 0 aliphatic carbocycles. The second-order valence-electron chi connectivity index (χ2n) is 23.9. The molecule has 6 atom stereocenters. The van der Waals surface area contributed by atoms with E-state index in [2.05, 4.69) is 41.5 Å². The lowest BCUT2D eigenvalue weighted by molar-refractivity contribution is -0.161. The van der Waals surface area contributed by atoms with E-state index in [0.29, 0.717) is 25.7 Å². The number of rotatable bonds is 63. The molecular formula is C64H124O17P2. The number of carbonyl (C=O) groups is 4. The fraction of sp³-hybridized carbons (Fsp3) is 0.938. The average Bonchev–Trinajstić information content (AvgIpc) is 3.45. The van der Waals surface area contributed by atoms with Crippen molar-refractivity contribution in [1.29, 1.82) is 0 Å². The molecule has 3 unspecified atom stereocenters. The highest BCUT2D eigenvalue weighted by Crippen LogP contribution is 2.45. The van der Waals surface area contributed by atoms with Crippen molar-refractivity contribution in [2.45, 2.75) is 336 Å². The van der Waals surface area contributed by atoms with Gasteiger partial charge in [-0.2, -0.15) is 0 Å². The van der Waals surface area contributed by atoms with E-state index >= 15 is 0 Å². The van der Waals surface area contributed by atoms with Gasteiger partial charge in [0.2, 0.25) is 0 Å². The second kappa shape index (κ2) is 56.6. The SMILES string of the molecule is CCCCCCCCCCCCCCC(=O)OC[C@H](COP(=O)(O)OC[C@@H](O)COP(=O)(O)OC[C@@H](COC(=O)CCCCCCCCC)OC(=O)CCCCCCCCC(C)CC)OC(=O)CCCCCCCCCCCCCC(C)C. The molecule has 492 valence electrons. The first-order chi connectivity index (χ1) is 39.9. The van der Waals surface area contributed by atoms with Gasteiger partial charge in [0.1, 0.15) is 19.3 Å². The van der Waals surface area contributed by atoms with Crippen LogP contribution in [0, 0.1) is 11.8 Å². The van der Waals surface area contributed by atoms with Crippen LogP contribution in [-0.4, -0.2) is 96.7 Å². The van der Waals surface area contributed by atoms with Crippen LogP contribution in [0.3, 0.4) is 0 Å². The largest absolute Gasteiger partial charge is 0.472 e. The van der Waals surface area contributed by atoms with Crippen LogP contribution in [0.5, 0.6) is 0 Å². The van der Waals surface area contributed by atoms with Crippen molar-refractivity contribution < 1.29 is 80.2 Å². The van der Waals surface area contributed by atoms with Gasteiger partial charge in [-0.1, -0.05) is 266 Å². The highest BCUT2D eigenvalue weighted by atomic mass is 31.2. The van der Waals surface area contributed by atoms with Crippen LogP contribution < -0.4 is 0 Å². The first kappa shape index (κ1) is 81.1. The molecule has 0 radical (unpaired) electrons. The number of phosphoric acid groups is 2. The van der Waals surface area contributed by atoms with Crippen LogP contribution in [0.15, 0.2) is 0 Å². The van der Waals surface area contributed by atoms with E-state index in [1.54, 1.807) is 0 Å². The van der Waals surface area contributed by atoms with Crippen LogP contribution in [0.2, 0.25) is 0 Å². The molecule has 0 amide bonds. The molecule has 0 bridgehead atoms. The summed E-state index contributed by atoms with van der Waals surface area (Å²) in [6.07, 6.45) is 39.0. The number of hydrogen-bond donors (Lipinski definition) is 3. The van der Waals surface area contributed by atoms with Gasteiger partial charge in [-0.15, -0.1) is 0 Å². The molecule has 0 aliphatic rings. The van der Waals surface area contributed by atoms with Crippen molar-refractivity contribution in [1.82, 2.24) is 0 Å². The molecule has 0 spiro atoms. The van der Waals surface area contributed by atoms with Crippen LogP contribution in [0.25, 0.3) is 0 Å². The molecule has 0 rings (SSSR count). The molecule has 83 heavy (non-hydrogen) atoms. The summed E-state index contributed by atoms with van der Waals surface area (Å²) in [4.78, 5) is 72.1. The average molecular weight is 1230 g/mol. The third kappa shape index (κ3) is 57.6. The molecule has 17 nitrogen and oxygen atoms in total. The molecule has 0 saturated carbocycles. The minimum atomic E-state index is -4.94. The zero-order chi connectivity index (χ0) is 61.5. The topological polar surface area (TPSA) is 237 Å². The summed E-state index contributed by atoms with van der Waals surface area (Å²) in [5.41, 5.74) is 0. The highest BCUT2D eigenvalue weighted by molar-refractivity contribution is 7.47. The maximum atomic E-state index is 13.0. The number of ether oxygens (including phenoxy) is 4. The lowest BCUT2D eigenvalue weighted by Crippen LogP contribution is -2.30. The van der Waals surface area contributed by atoms with Gasteiger partial charge < -0.3 is 33.8 Å². The third-order valence-electron chi connectivity index (χ3n) is 15.1. The van der Waals surface area contributed by atoms with Gasteiger partial charge in [-0.3, -0.25) is 37.3 Å². The van der Waals surface area contributed by atoms with Crippen molar-refractivity contribution in [3.63, 3.8) is 0 Å². The van der Waals surface area contributed by atoms with Crippen LogP contribution in [-0.2, 0) is 65.4 Å². The first-order valence-corrected chi connectivity index (χ1v) is 36.5. The van der Waals surface area contributed by atoms with Gasteiger partial charge in [0.15, 0.2) is 12.2 Å². The van der Waals surface area contributed by atoms with Crippen LogP contribution in [0.4, 0.5) is 0 Å². The van der Waals surface area contributed by atoms with E-state index in [1.807, 2.05) is 0 Å². The van der Waals surface area contributed by atoms with E-state index in [9.17, 15) is 43.2 Å². The van der Waals surface area contributed by atoms with Gasteiger partial charge in [0.05, 0.1) is 26.4 Å². The Labute approximate surface area is 505 Å². The van der Waals surface area contributed by atoms with E-state index in [-0.39, 0.29) is 25.7 Å². The van der Waals surface area contributed by atoms with Crippen molar-refractivity contribution >= 4 is 39.5 Å². The standard InChI is InChI=1S/C64H124O17P2/c1-7-10-12-14-16-17-18-21-24-28-35-41-47-62(67)75-53-59(80-63(68)48-42-36-29-25-22-19-20-23-27-32-38-44-56(4)5)54-78-82(70,71)76-50-58(65)51-77-83(72,73)79-55-60(52-74-61(66)46-40-34-26-15-13-11-8-2)81-64(69)49-43-37-31-30-33-39-45-57(6)9-3/h56-60,65H,7-55H2,1-6H3,(H,70,71)(H,72,73)/t57?,58-,59-,60-/m1/s1. The number of unbranched alkanes of at least 4 members (excludes halogenated alkanes) is 32. The van der Waals surface area contributed by atoms with E-state index in [4.69, 9.17) is 37.0 Å². The summed E-state index contributed by atoms with van der Waals surface area (Å²) in [6, 6.07) is 0. The summed E-state index contributed by atoms with van der Waals surface area (Å²) >= 11 is 0. The Morgan fingerprint density at radius 3 is 0.916 bits per heavy atom. The van der Waals surface area contributed by atoms with Crippen molar-refractivity contribution in [3.05, 3.63) is 0 Å². The summed E-state index contributed by atoms with van der Waals surface area (Å²) in [6.45, 7) is 9.41. The Balaban J connectivity index is 5.22. The minimum Gasteiger partial charge on any atom is -0.462 e. The molecule has 0 aromatic rings. The van der Waals surface area contributed by atoms with Crippen molar-refractivity contribution in [2.75, 3.05) is 39.6 Å².